The first-order chi connectivity index (χ1) is 12.2. The summed E-state index contributed by atoms with van der Waals surface area (Å²) in [4.78, 5) is 21.8. The number of nitrogens with two attached hydrogens (primary N) is 1. The second-order valence-corrected chi connectivity index (χ2v) is 6.66. The smallest absolute Gasteiger partial charge is 0.248 e. The Bertz CT molecular complexity index is 892. The molecule has 0 atom stereocenters. The number of hydrogen-bond donors (Lipinski definition) is 2. The second kappa shape index (κ2) is 6.69. The molecule has 3 N–H and O–H groups in total. The van der Waals surface area contributed by atoms with Gasteiger partial charge in [-0.25, -0.2) is 4.98 Å². The van der Waals surface area contributed by atoms with Crippen molar-refractivity contribution in [2.75, 3.05) is 13.1 Å². The number of amides is 1. The third-order valence-corrected chi connectivity index (χ3v) is 4.94. The summed E-state index contributed by atoms with van der Waals surface area (Å²) in [6.07, 6.45) is 5.66. The summed E-state index contributed by atoms with van der Waals surface area (Å²) in [6.45, 7) is 3.18. The number of primary amides is 1. The number of likely N-dealkylation sites (tertiary alicyclic amines) is 1. The summed E-state index contributed by atoms with van der Waals surface area (Å²) in [5, 5.41) is 1.11. The van der Waals surface area contributed by atoms with Gasteiger partial charge in [0, 0.05) is 34.9 Å². The van der Waals surface area contributed by atoms with E-state index in [4.69, 9.17) is 5.73 Å². The van der Waals surface area contributed by atoms with Crippen molar-refractivity contribution in [3.8, 4) is 11.1 Å². The third kappa shape index (κ3) is 3.15. The number of benzene rings is 1. The second-order valence-electron chi connectivity index (χ2n) is 6.66. The maximum absolute atomic E-state index is 11.3. The van der Waals surface area contributed by atoms with Crippen LogP contribution in [0.3, 0.4) is 0 Å². The summed E-state index contributed by atoms with van der Waals surface area (Å²) < 4.78 is 0. The zero-order valence-corrected chi connectivity index (χ0v) is 14.2. The number of piperidine rings is 1. The van der Waals surface area contributed by atoms with Crippen molar-refractivity contribution in [2.45, 2.75) is 25.8 Å². The van der Waals surface area contributed by atoms with Gasteiger partial charge in [0.25, 0.3) is 0 Å². The number of nitrogens with one attached hydrogen (secondary N) is 1. The van der Waals surface area contributed by atoms with Gasteiger partial charge in [-0.2, -0.15) is 0 Å². The van der Waals surface area contributed by atoms with Gasteiger partial charge in [-0.1, -0.05) is 18.6 Å². The lowest BCUT2D eigenvalue weighted by molar-refractivity contribution is 0.100. The Morgan fingerprint density at radius 2 is 1.88 bits per heavy atom. The molecule has 1 aromatic carbocycles. The minimum atomic E-state index is -0.402. The van der Waals surface area contributed by atoms with E-state index < -0.39 is 5.91 Å². The van der Waals surface area contributed by atoms with E-state index in [9.17, 15) is 4.79 Å². The van der Waals surface area contributed by atoms with E-state index in [2.05, 4.69) is 20.9 Å². The van der Waals surface area contributed by atoms with E-state index in [1.54, 1.807) is 12.1 Å². The molecule has 5 heteroatoms. The summed E-state index contributed by atoms with van der Waals surface area (Å²) in [5.41, 5.74) is 10.2. The Kier molecular flexibility index (Phi) is 4.24. The van der Waals surface area contributed by atoms with Crippen LogP contribution in [-0.4, -0.2) is 33.9 Å². The van der Waals surface area contributed by atoms with Gasteiger partial charge in [-0.05, 0) is 55.8 Å². The van der Waals surface area contributed by atoms with Crippen LogP contribution < -0.4 is 5.73 Å². The van der Waals surface area contributed by atoms with E-state index in [1.165, 1.54) is 30.5 Å². The van der Waals surface area contributed by atoms with Crippen molar-refractivity contribution in [3.63, 3.8) is 0 Å². The van der Waals surface area contributed by atoms with Crippen molar-refractivity contribution >= 4 is 16.9 Å². The Hall–Kier alpha value is -2.66. The maximum Gasteiger partial charge on any atom is 0.248 e. The van der Waals surface area contributed by atoms with Crippen molar-refractivity contribution in [1.29, 1.82) is 0 Å². The predicted octanol–water partition coefficient (Wildman–Crippen LogP) is 3.31. The first-order valence-electron chi connectivity index (χ1n) is 8.80. The highest BCUT2D eigenvalue weighted by atomic mass is 16.1. The SMILES string of the molecule is NC(=O)c1ccc(-c2c(CN3CCCCC3)[nH]c3ncccc23)cc1. The molecule has 1 saturated heterocycles. The zero-order valence-electron chi connectivity index (χ0n) is 14.2. The number of H-pyrrole nitrogens is 1. The van der Waals surface area contributed by atoms with Crippen LogP contribution in [0, 0.1) is 0 Å². The van der Waals surface area contributed by atoms with Crippen LogP contribution in [0.25, 0.3) is 22.2 Å². The first kappa shape index (κ1) is 15.8. The van der Waals surface area contributed by atoms with Gasteiger partial charge in [0.2, 0.25) is 5.91 Å². The van der Waals surface area contributed by atoms with E-state index in [0.29, 0.717) is 5.56 Å². The molecule has 1 fully saturated rings. The van der Waals surface area contributed by atoms with Crippen LogP contribution in [0.15, 0.2) is 42.6 Å². The van der Waals surface area contributed by atoms with Crippen molar-refractivity contribution < 1.29 is 4.79 Å². The lowest BCUT2D eigenvalue weighted by Gasteiger charge is -2.26. The van der Waals surface area contributed by atoms with Gasteiger partial charge in [-0.15, -0.1) is 0 Å². The maximum atomic E-state index is 11.3. The van der Waals surface area contributed by atoms with Crippen LogP contribution in [-0.2, 0) is 6.54 Å². The molecule has 3 aromatic rings. The standard InChI is InChI=1S/C20H22N4O/c21-19(25)15-8-6-14(7-9-15)18-16-5-4-10-22-20(16)23-17(18)13-24-11-2-1-3-12-24/h4-10H,1-3,11-13H2,(H2,21,25)(H,22,23). The Balaban J connectivity index is 1.77. The molecule has 2 aromatic heterocycles. The molecule has 0 saturated carbocycles. The van der Waals surface area contributed by atoms with Gasteiger partial charge >= 0.3 is 0 Å². The average Bonchev–Trinajstić information content (AvgIpc) is 3.00. The fraction of sp³-hybridized carbons (Fsp3) is 0.300. The lowest BCUT2D eigenvalue weighted by Crippen LogP contribution is -2.29. The largest absolute Gasteiger partial charge is 0.366 e. The fourth-order valence-electron chi connectivity index (χ4n) is 3.67. The molecule has 25 heavy (non-hydrogen) atoms. The highest BCUT2D eigenvalue weighted by Gasteiger charge is 2.18. The number of nitrogens with zero attached hydrogens (tertiary/aromatic N) is 2. The summed E-state index contributed by atoms with van der Waals surface area (Å²) in [6, 6.07) is 11.6. The van der Waals surface area contributed by atoms with E-state index in [-0.39, 0.29) is 0 Å². The fourth-order valence-corrected chi connectivity index (χ4v) is 3.67. The van der Waals surface area contributed by atoms with E-state index >= 15 is 0 Å². The van der Waals surface area contributed by atoms with Crippen molar-refractivity contribution in [3.05, 3.63) is 53.9 Å². The highest BCUT2D eigenvalue weighted by molar-refractivity contribution is 5.97. The topological polar surface area (TPSA) is 75.0 Å². The molecule has 0 radical (unpaired) electrons. The molecule has 1 aliphatic rings. The molecule has 1 aliphatic heterocycles. The summed E-state index contributed by atoms with van der Waals surface area (Å²) >= 11 is 0. The predicted molar refractivity (Wildman–Crippen MR) is 99.2 cm³/mol. The van der Waals surface area contributed by atoms with Gasteiger partial charge in [0.15, 0.2) is 0 Å². The molecule has 0 bridgehead atoms. The van der Waals surface area contributed by atoms with Crippen LogP contribution in [0.2, 0.25) is 0 Å². The molecule has 4 rings (SSSR count). The number of pyridine rings is 1. The van der Waals surface area contributed by atoms with Gasteiger partial charge in [0.1, 0.15) is 5.65 Å². The lowest BCUT2D eigenvalue weighted by atomic mass is 10.0. The number of aromatic amines is 1. The van der Waals surface area contributed by atoms with Crippen LogP contribution >= 0.6 is 0 Å². The molecule has 5 nitrogen and oxygen atoms in total. The molecule has 1 amide bonds. The van der Waals surface area contributed by atoms with Gasteiger partial charge in [0.05, 0.1) is 0 Å². The van der Waals surface area contributed by atoms with Gasteiger partial charge < -0.3 is 10.7 Å². The Morgan fingerprint density at radius 3 is 2.60 bits per heavy atom. The van der Waals surface area contributed by atoms with Crippen molar-refractivity contribution in [2.24, 2.45) is 5.73 Å². The average molecular weight is 334 g/mol. The minimum Gasteiger partial charge on any atom is -0.366 e. The molecule has 0 aliphatic carbocycles. The summed E-state index contributed by atoms with van der Waals surface area (Å²) in [7, 11) is 0. The minimum absolute atomic E-state index is 0.402. The highest BCUT2D eigenvalue weighted by Crippen LogP contribution is 2.33. The Morgan fingerprint density at radius 1 is 1.12 bits per heavy atom. The quantitative estimate of drug-likeness (QED) is 0.768. The zero-order chi connectivity index (χ0) is 17.2. The van der Waals surface area contributed by atoms with Crippen LogP contribution in [0.4, 0.5) is 0 Å². The van der Waals surface area contributed by atoms with Crippen molar-refractivity contribution in [1.82, 2.24) is 14.9 Å². The van der Waals surface area contributed by atoms with Crippen LogP contribution in [0.1, 0.15) is 35.3 Å². The van der Waals surface area contributed by atoms with E-state index in [1.807, 2.05) is 24.4 Å². The first-order valence-corrected chi connectivity index (χ1v) is 8.80. The van der Waals surface area contributed by atoms with Crippen LogP contribution in [0.5, 0.6) is 0 Å². The molecular weight excluding hydrogens is 312 g/mol. The Labute approximate surface area is 146 Å². The van der Waals surface area contributed by atoms with E-state index in [0.717, 1.165) is 36.2 Å². The number of carbonyl (C=O) groups excluding carboxylic acids is 1. The number of rotatable bonds is 4. The molecular formula is C20H22N4O. The number of carbonyl (C=O) groups is 1. The number of hydrogen-bond acceptors (Lipinski definition) is 3. The molecule has 128 valence electrons. The molecule has 0 spiro atoms. The number of aromatic nitrogens is 2. The summed E-state index contributed by atoms with van der Waals surface area (Å²) in [5.74, 6) is -0.402. The van der Waals surface area contributed by atoms with Gasteiger partial charge in [-0.3, -0.25) is 9.69 Å². The normalized spacial score (nSPS) is 15.5. The molecule has 3 heterocycles. The third-order valence-electron chi connectivity index (χ3n) is 4.94. The number of fused-ring (bicyclic) bond motifs is 1. The molecule has 0 unspecified atom stereocenters. The monoisotopic (exact) mass is 334 g/mol.